The van der Waals surface area contributed by atoms with Crippen molar-refractivity contribution in [2.24, 2.45) is 0 Å². The quantitative estimate of drug-likeness (QED) is 0.622. The number of rotatable bonds is 11. The Kier molecular flexibility index (Phi) is 9.11. The highest BCUT2D eigenvalue weighted by Gasteiger charge is 1.97. The van der Waals surface area contributed by atoms with Crippen LogP contribution in [0.1, 0.15) is 26.7 Å². The van der Waals surface area contributed by atoms with Gasteiger partial charge in [-0.25, -0.2) is 0 Å². The number of para-hydroxylation sites is 1. The van der Waals surface area contributed by atoms with Crippen molar-refractivity contribution in [2.45, 2.75) is 26.7 Å². The van der Waals surface area contributed by atoms with Gasteiger partial charge in [0.05, 0.1) is 6.61 Å². The van der Waals surface area contributed by atoms with Gasteiger partial charge in [0, 0.05) is 0 Å². The molecule has 0 aliphatic rings. The molecule has 0 saturated carbocycles. The lowest BCUT2D eigenvalue weighted by Gasteiger charge is -2.17. The molecule has 0 bridgehead atoms. The van der Waals surface area contributed by atoms with Crippen molar-refractivity contribution < 1.29 is 4.74 Å². The average Bonchev–Trinajstić information content (AvgIpc) is 2.47. The second kappa shape index (κ2) is 10.8. The molecule has 0 heterocycles. The summed E-state index contributed by atoms with van der Waals surface area (Å²) in [5, 5.41) is 3.47. The summed E-state index contributed by atoms with van der Waals surface area (Å²) in [5.41, 5.74) is 0. The molecule has 0 aromatic heterocycles. The fourth-order valence-corrected chi connectivity index (χ4v) is 2.00. The number of nitrogens with zero attached hydrogens (tertiary/aromatic N) is 1. The Morgan fingerprint density at radius 1 is 1.00 bits per heavy atom. The van der Waals surface area contributed by atoms with E-state index in [0.717, 1.165) is 45.0 Å². The molecule has 1 rings (SSSR count). The number of benzene rings is 1. The van der Waals surface area contributed by atoms with Gasteiger partial charge in [0.2, 0.25) is 0 Å². The van der Waals surface area contributed by atoms with Crippen molar-refractivity contribution in [1.82, 2.24) is 10.2 Å². The van der Waals surface area contributed by atoms with Crippen molar-refractivity contribution in [1.29, 1.82) is 0 Å². The molecule has 1 aromatic rings. The molecule has 1 aromatic carbocycles. The highest BCUT2D eigenvalue weighted by molar-refractivity contribution is 5.20. The van der Waals surface area contributed by atoms with Crippen LogP contribution in [0.2, 0.25) is 0 Å². The first-order valence-corrected chi connectivity index (χ1v) is 7.47. The van der Waals surface area contributed by atoms with E-state index in [0.29, 0.717) is 0 Å². The first-order chi connectivity index (χ1) is 9.36. The van der Waals surface area contributed by atoms with Crippen LogP contribution in [-0.2, 0) is 0 Å². The fourth-order valence-electron chi connectivity index (χ4n) is 2.00. The number of nitrogens with one attached hydrogen (secondary N) is 1. The molecule has 0 saturated heterocycles. The topological polar surface area (TPSA) is 24.5 Å². The van der Waals surface area contributed by atoms with E-state index in [1.807, 2.05) is 30.3 Å². The van der Waals surface area contributed by atoms with Crippen molar-refractivity contribution in [3.05, 3.63) is 30.3 Å². The van der Waals surface area contributed by atoms with E-state index < -0.39 is 0 Å². The molecular formula is C16H28N2O. The second-order valence-corrected chi connectivity index (χ2v) is 4.65. The Morgan fingerprint density at radius 3 is 2.37 bits per heavy atom. The van der Waals surface area contributed by atoms with E-state index in [2.05, 4.69) is 24.1 Å². The Labute approximate surface area is 118 Å². The third-order valence-corrected chi connectivity index (χ3v) is 3.23. The lowest BCUT2D eigenvalue weighted by Crippen LogP contribution is -2.27. The smallest absolute Gasteiger partial charge is 0.119 e. The van der Waals surface area contributed by atoms with Gasteiger partial charge in [-0.3, -0.25) is 0 Å². The van der Waals surface area contributed by atoms with Gasteiger partial charge in [-0.1, -0.05) is 32.0 Å². The van der Waals surface area contributed by atoms with Gasteiger partial charge in [0.1, 0.15) is 5.75 Å². The van der Waals surface area contributed by atoms with Crippen molar-refractivity contribution in [3.63, 3.8) is 0 Å². The molecule has 0 spiro atoms. The molecule has 3 nitrogen and oxygen atoms in total. The monoisotopic (exact) mass is 264 g/mol. The summed E-state index contributed by atoms with van der Waals surface area (Å²) in [6, 6.07) is 10.0. The van der Waals surface area contributed by atoms with Crippen LogP contribution in [0.3, 0.4) is 0 Å². The number of ether oxygens (including phenoxy) is 1. The van der Waals surface area contributed by atoms with Gasteiger partial charge in [-0.2, -0.15) is 0 Å². The van der Waals surface area contributed by atoms with Crippen LogP contribution in [-0.4, -0.2) is 44.2 Å². The normalized spacial score (nSPS) is 10.9. The minimum atomic E-state index is 0.785. The van der Waals surface area contributed by atoms with Crippen LogP contribution in [0.25, 0.3) is 0 Å². The second-order valence-electron chi connectivity index (χ2n) is 4.65. The van der Waals surface area contributed by atoms with E-state index >= 15 is 0 Å². The summed E-state index contributed by atoms with van der Waals surface area (Å²) in [6.07, 6.45) is 2.28. The van der Waals surface area contributed by atoms with Crippen LogP contribution in [0.15, 0.2) is 30.3 Å². The number of hydrogen-bond donors (Lipinski definition) is 1. The minimum Gasteiger partial charge on any atom is -0.494 e. The molecule has 19 heavy (non-hydrogen) atoms. The van der Waals surface area contributed by atoms with Gasteiger partial charge in [-0.15, -0.1) is 0 Å². The standard InChI is InChI=1S/C16H28N2O/c1-3-18(4-2)14-8-12-17-13-9-15-19-16-10-6-5-7-11-16/h5-7,10-11,17H,3-4,8-9,12-15H2,1-2H3. The molecule has 108 valence electrons. The van der Waals surface area contributed by atoms with Gasteiger partial charge in [0.15, 0.2) is 0 Å². The maximum atomic E-state index is 5.64. The van der Waals surface area contributed by atoms with E-state index in [9.17, 15) is 0 Å². The molecule has 0 amide bonds. The zero-order chi connectivity index (χ0) is 13.8. The highest BCUT2D eigenvalue weighted by Crippen LogP contribution is 2.07. The van der Waals surface area contributed by atoms with Crippen molar-refractivity contribution in [3.8, 4) is 5.75 Å². The predicted octanol–water partition coefficient (Wildman–Crippen LogP) is 2.78. The summed E-state index contributed by atoms with van der Waals surface area (Å²) in [4.78, 5) is 2.46. The summed E-state index contributed by atoms with van der Waals surface area (Å²) in [6.45, 7) is 10.9. The van der Waals surface area contributed by atoms with Crippen molar-refractivity contribution in [2.75, 3.05) is 39.3 Å². The molecular weight excluding hydrogens is 236 g/mol. The van der Waals surface area contributed by atoms with E-state index in [-0.39, 0.29) is 0 Å². The highest BCUT2D eigenvalue weighted by atomic mass is 16.5. The first kappa shape index (κ1) is 16.0. The van der Waals surface area contributed by atoms with Crippen LogP contribution < -0.4 is 10.1 Å². The van der Waals surface area contributed by atoms with Crippen LogP contribution in [0.5, 0.6) is 5.75 Å². The van der Waals surface area contributed by atoms with Crippen LogP contribution >= 0.6 is 0 Å². The molecule has 0 atom stereocenters. The van der Waals surface area contributed by atoms with Crippen molar-refractivity contribution >= 4 is 0 Å². The largest absolute Gasteiger partial charge is 0.494 e. The summed E-state index contributed by atoms with van der Waals surface area (Å²) < 4.78 is 5.64. The molecule has 0 aliphatic carbocycles. The van der Waals surface area contributed by atoms with Gasteiger partial charge < -0.3 is 15.0 Å². The third kappa shape index (κ3) is 7.85. The zero-order valence-electron chi connectivity index (χ0n) is 12.4. The van der Waals surface area contributed by atoms with E-state index in [1.54, 1.807) is 0 Å². The lowest BCUT2D eigenvalue weighted by atomic mass is 10.3. The Morgan fingerprint density at radius 2 is 1.68 bits per heavy atom. The van der Waals surface area contributed by atoms with Gasteiger partial charge in [0.25, 0.3) is 0 Å². The SMILES string of the molecule is CCN(CC)CCCNCCCOc1ccccc1. The summed E-state index contributed by atoms with van der Waals surface area (Å²) in [7, 11) is 0. The van der Waals surface area contributed by atoms with Crippen LogP contribution in [0, 0.1) is 0 Å². The number of hydrogen-bond acceptors (Lipinski definition) is 3. The third-order valence-electron chi connectivity index (χ3n) is 3.23. The average molecular weight is 264 g/mol. The summed E-state index contributed by atoms with van der Waals surface area (Å²) >= 11 is 0. The maximum Gasteiger partial charge on any atom is 0.119 e. The lowest BCUT2D eigenvalue weighted by molar-refractivity contribution is 0.293. The molecule has 0 unspecified atom stereocenters. The molecule has 0 aliphatic heterocycles. The maximum absolute atomic E-state index is 5.64. The summed E-state index contributed by atoms with van der Waals surface area (Å²) in [5.74, 6) is 0.962. The van der Waals surface area contributed by atoms with Gasteiger partial charge in [-0.05, 0) is 57.7 Å². The van der Waals surface area contributed by atoms with E-state index in [1.165, 1.54) is 13.0 Å². The zero-order valence-corrected chi connectivity index (χ0v) is 12.4. The molecule has 3 heteroatoms. The molecule has 0 fully saturated rings. The predicted molar refractivity (Wildman–Crippen MR) is 81.8 cm³/mol. The van der Waals surface area contributed by atoms with E-state index in [4.69, 9.17) is 4.74 Å². The molecule has 0 radical (unpaired) electrons. The Balaban J connectivity index is 1.89. The fraction of sp³-hybridized carbons (Fsp3) is 0.625. The van der Waals surface area contributed by atoms with Gasteiger partial charge >= 0.3 is 0 Å². The Bertz CT molecular complexity index is 299. The molecule has 1 N–H and O–H groups in total. The first-order valence-electron chi connectivity index (χ1n) is 7.47. The Hall–Kier alpha value is -1.06. The van der Waals surface area contributed by atoms with Crippen LogP contribution in [0.4, 0.5) is 0 Å². The minimum absolute atomic E-state index is 0.785.